The zero-order chi connectivity index (χ0) is 23.0. The molecule has 8 nitrogen and oxygen atoms in total. The average Bonchev–Trinajstić information content (AvgIpc) is 3.20. The average molecular weight is 468 g/mol. The van der Waals surface area contributed by atoms with Gasteiger partial charge in [0.2, 0.25) is 5.91 Å². The third-order valence-electron chi connectivity index (χ3n) is 5.45. The van der Waals surface area contributed by atoms with Gasteiger partial charge in [0, 0.05) is 45.3 Å². The molecule has 0 saturated carbocycles. The van der Waals surface area contributed by atoms with Crippen LogP contribution in [0.3, 0.4) is 0 Å². The van der Waals surface area contributed by atoms with Gasteiger partial charge >= 0.3 is 6.18 Å². The molecule has 1 aliphatic rings. The van der Waals surface area contributed by atoms with Gasteiger partial charge in [0.1, 0.15) is 18.2 Å². The third-order valence-corrected chi connectivity index (χ3v) is 5.70. The normalized spacial score (nSPS) is 16.4. The highest BCUT2D eigenvalue weighted by molar-refractivity contribution is 6.30. The number of halogens is 4. The van der Waals surface area contributed by atoms with Crippen LogP contribution in [-0.4, -0.2) is 76.1 Å². The number of anilines is 1. The van der Waals surface area contributed by atoms with Gasteiger partial charge in [0.15, 0.2) is 11.3 Å². The number of benzene rings is 1. The lowest BCUT2D eigenvalue weighted by atomic mass is 10.0. The molecule has 1 N–H and O–H groups in total. The Morgan fingerprint density at radius 1 is 1.12 bits per heavy atom. The van der Waals surface area contributed by atoms with E-state index in [0.29, 0.717) is 31.2 Å². The van der Waals surface area contributed by atoms with Crippen LogP contribution in [0.1, 0.15) is 17.3 Å². The Balaban J connectivity index is 1.60. The van der Waals surface area contributed by atoms with Crippen LogP contribution in [0.5, 0.6) is 0 Å². The molecule has 1 atom stereocenters. The number of hydrogen-bond donors (Lipinski definition) is 1. The van der Waals surface area contributed by atoms with Gasteiger partial charge in [-0.25, -0.2) is 9.97 Å². The van der Waals surface area contributed by atoms with E-state index in [1.165, 1.54) is 11.2 Å². The van der Waals surface area contributed by atoms with E-state index in [2.05, 4.69) is 20.2 Å². The molecule has 170 valence electrons. The quantitative estimate of drug-likeness (QED) is 0.635. The Morgan fingerprint density at radius 3 is 2.38 bits per heavy atom. The molecule has 1 saturated heterocycles. The zero-order valence-corrected chi connectivity index (χ0v) is 18.2. The molecule has 0 bridgehead atoms. The van der Waals surface area contributed by atoms with Gasteiger partial charge in [-0.2, -0.15) is 18.3 Å². The maximum absolute atomic E-state index is 13.4. The predicted molar refractivity (Wildman–Crippen MR) is 113 cm³/mol. The van der Waals surface area contributed by atoms with E-state index in [9.17, 15) is 18.0 Å². The number of piperazine rings is 1. The third kappa shape index (κ3) is 4.22. The van der Waals surface area contributed by atoms with E-state index < -0.39 is 17.9 Å². The van der Waals surface area contributed by atoms with Crippen LogP contribution in [0.2, 0.25) is 5.02 Å². The second-order valence-electron chi connectivity index (χ2n) is 7.70. The number of fused-ring (bicyclic) bond motifs is 1. The second kappa shape index (κ2) is 8.55. The number of aromatic nitrogens is 4. The topological polar surface area (TPSA) is 81.3 Å². The summed E-state index contributed by atoms with van der Waals surface area (Å²) < 4.78 is 40.3. The Kier molecular flexibility index (Phi) is 5.95. The Bertz CT molecular complexity index is 1110. The van der Waals surface area contributed by atoms with Gasteiger partial charge in [0.25, 0.3) is 0 Å². The Hall–Kier alpha value is -2.92. The summed E-state index contributed by atoms with van der Waals surface area (Å²) in [5, 5.41) is 6.17. The number of H-pyrrole nitrogens is 1. The minimum atomic E-state index is -4.63. The predicted octanol–water partition coefficient (Wildman–Crippen LogP) is 2.98. The fraction of sp³-hybridized carbons (Fsp3) is 0.400. The number of alkyl halides is 3. The maximum Gasteiger partial charge on any atom is 0.435 e. The van der Waals surface area contributed by atoms with Crippen LogP contribution in [0.15, 0.2) is 30.6 Å². The van der Waals surface area contributed by atoms with Gasteiger partial charge in [-0.1, -0.05) is 23.7 Å². The van der Waals surface area contributed by atoms with Gasteiger partial charge < -0.3 is 9.80 Å². The molecular weight excluding hydrogens is 447 g/mol. The van der Waals surface area contributed by atoms with Gasteiger partial charge in [-0.15, -0.1) is 0 Å². The first-order chi connectivity index (χ1) is 15.2. The molecule has 2 aromatic heterocycles. The van der Waals surface area contributed by atoms with E-state index in [1.54, 1.807) is 31.1 Å². The highest BCUT2D eigenvalue weighted by Gasteiger charge is 2.39. The van der Waals surface area contributed by atoms with Gasteiger partial charge in [-0.3, -0.25) is 14.8 Å². The van der Waals surface area contributed by atoms with Crippen molar-refractivity contribution in [2.45, 2.75) is 12.2 Å². The second-order valence-corrected chi connectivity index (χ2v) is 8.14. The van der Waals surface area contributed by atoms with Crippen molar-refractivity contribution < 1.29 is 18.0 Å². The lowest BCUT2D eigenvalue weighted by Crippen LogP contribution is -2.51. The summed E-state index contributed by atoms with van der Waals surface area (Å²) in [4.78, 5) is 26.3. The number of rotatable bonds is 4. The molecular formula is C20H21ClF3N7O. The molecule has 32 heavy (non-hydrogen) atoms. The first kappa shape index (κ1) is 22.3. The number of aromatic amines is 1. The number of carbonyl (C=O) groups is 1. The molecule has 0 aliphatic carbocycles. The van der Waals surface area contributed by atoms with E-state index in [4.69, 9.17) is 11.6 Å². The highest BCUT2D eigenvalue weighted by Crippen LogP contribution is 2.37. The number of carbonyl (C=O) groups excluding carboxylic acids is 1. The van der Waals surface area contributed by atoms with Crippen molar-refractivity contribution in [3.8, 4) is 0 Å². The molecule has 1 amide bonds. The number of likely N-dealkylation sites (N-methyl/N-ethyl adjacent to an activating group) is 1. The number of nitrogens with zero attached hydrogens (tertiary/aromatic N) is 6. The van der Waals surface area contributed by atoms with Crippen molar-refractivity contribution in [1.82, 2.24) is 30.0 Å². The van der Waals surface area contributed by atoms with Crippen molar-refractivity contribution in [2.75, 3.05) is 45.2 Å². The van der Waals surface area contributed by atoms with Crippen molar-refractivity contribution in [1.29, 1.82) is 0 Å². The number of nitrogens with one attached hydrogen (secondary N) is 1. The minimum absolute atomic E-state index is 0.0339. The summed E-state index contributed by atoms with van der Waals surface area (Å²) in [6.07, 6.45) is -3.41. The molecule has 1 aromatic carbocycles. The summed E-state index contributed by atoms with van der Waals surface area (Å²) in [5.41, 5.74) is -0.195. The summed E-state index contributed by atoms with van der Waals surface area (Å²) in [7, 11) is 3.38. The van der Waals surface area contributed by atoms with Crippen LogP contribution in [0, 0.1) is 0 Å². The molecule has 0 spiro atoms. The van der Waals surface area contributed by atoms with Crippen molar-refractivity contribution in [2.24, 2.45) is 0 Å². The van der Waals surface area contributed by atoms with Crippen molar-refractivity contribution in [3.63, 3.8) is 0 Å². The minimum Gasteiger partial charge on any atom is -0.353 e. The summed E-state index contributed by atoms with van der Waals surface area (Å²) in [5.74, 6) is 0.0945. The van der Waals surface area contributed by atoms with E-state index >= 15 is 0 Å². The Morgan fingerprint density at radius 2 is 1.78 bits per heavy atom. The zero-order valence-electron chi connectivity index (χ0n) is 17.4. The van der Waals surface area contributed by atoms with Gasteiger partial charge in [-0.05, 0) is 17.7 Å². The molecule has 4 rings (SSSR count). The van der Waals surface area contributed by atoms with Gasteiger partial charge in [0.05, 0.1) is 5.39 Å². The van der Waals surface area contributed by atoms with Crippen LogP contribution in [-0.2, 0) is 11.0 Å². The largest absolute Gasteiger partial charge is 0.435 e. The van der Waals surface area contributed by atoms with E-state index in [0.717, 1.165) is 5.56 Å². The smallest absolute Gasteiger partial charge is 0.353 e. The molecule has 1 unspecified atom stereocenters. The molecule has 1 aliphatic heterocycles. The summed E-state index contributed by atoms with van der Waals surface area (Å²) >= 11 is 6.00. The Labute approximate surface area is 187 Å². The summed E-state index contributed by atoms with van der Waals surface area (Å²) in [6, 6.07) is 6.58. The lowest BCUT2D eigenvalue weighted by molar-refractivity contribution is -0.140. The van der Waals surface area contributed by atoms with Crippen LogP contribution in [0.25, 0.3) is 11.0 Å². The van der Waals surface area contributed by atoms with E-state index in [-0.39, 0.29) is 22.8 Å². The number of hydrogen-bond acceptors (Lipinski definition) is 6. The lowest BCUT2D eigenvalue weighted by Gasteiger charge is -2.40. The highest BCUT2D eigenvalue weighted by atomic mass is 35.5. The molecule has 3 heterocycles. The van der Waals surface area contributed by atoms with Crippen molar-refractivity contribution in [3.05, 3.63) is 46.9 Å². The maximum atomic E-state index is 13.4. The van der Waals surface area contributed by atoms with Crippen LogP contribution < -0.4 is 4.90 Å². The molecule has 12 heteroatoms. The summed E-state index contributed by atoms with van der Waals surface area (Å²) in [6.45, 7) is 1.69. The monoisotopic (exact) mass is 467 g/mol. The molecule has 3 aromatic rings. The molecule has 0 radical (unpaired) electrons. The SMILES string of the molecule is CN(C)C(=O)C(c1ccc(Cl)cc1)N1CCN(c2ncnc3[nH]nc(C(F)(F)F)c23)CC1. The molecule has 1 fully saturated rings. The van der Waals surface area contributed by atoms with Crippen LogP contribution >= 0.6 is 11.6 Å². The first-order valence-electron chi connectivity index (χ1n) is 9.88. The fourth-order valence-corrected chi connectivity index (χ4v) is 4.01. The first-order valence-corrected chi connectivity index (χ1v) is 10.3. The van der Waals surface area contributed by atoms with Crippen molar-refractivity contribution >= 4 is 34.4 Å². The van der Waals surface area contributed by atoms with E-state index in [1.807, 2.05) is 17.0 Å². The number of amides is 1. The van der Waals surface area contributed by atoms with Crippen LogP contribution in [0.4, 0.5) is 19.0 Å². The standard InChI is InChI=1S/C20H21ClF3N7O/c1-29(2)19(32)15(12-3-5-13(21)6-4-12)30-7-9-31(10-8-30)18-14-16(20(22,23)24)27-28-17(14)25-11-26-18/h3-6,11,15H,7-10H2,1-2H3,(H,25,26,27,28). The fourth-order valence-electron chi connectivity index (χ4n) is 3.88.